The van der Waals surface area contributed by atoms with Crippen LogP contribution in [0.5, 0.6) is 0 Å². The van der Waals surface area contributed by atoms with Crippen LogP contribution < -0.4 is 0 Å². The molecule has 3 nitrogen and oxygen atoms in total. The van der Waals surface area contributed by atoms with Crippen molar-refractivity contribution in [2.45, 2.75) is 12.8 Å². The molecule has 0 fully saturated rings. The number of fused-ring (bicyclic) bond motifs is 1. The van der Waals surface area contributed by atoms with E-state index in [2.05, 4.69) is 0 Å². The summed E-state index contributed by atoms with van der Waals surface area (Å²) in [6.45, 7) is -0.0585. The van der Waals surface area contributed by atoms with Gasteiger partial charge in [-0.2, -0.15) is 0 Å². The second kappa shape index (κ2) is 3.62. The zero-order valence-electron chi connectivity index (χ0n) is 7.77. The maximum atomic E-state index is 10.4. The van der Waals surface area contributed by atoms with Gasteiger partial charge in [-0.15, -0.1) is 0 Å². The molecule has 0 saturated carbocycles. The molecule has 1 aromatic carbocycles. The van der Waals surface area contributed by atoms with E-state index in [0.717, 1.165) is 24.0 Å². The van der Waals surface area contributed by atoms with Gasteiger partial charge in [0, 0.05) is 10.5 Å². The van der Waals surface area contributed by atoms with E-state index in [1.54, 1.807) is 0 Å². The Kier molecular flexibility index (Phi) is 2.31. The molecule has 0 heterocycles. The summed E-state index contributed by atoms with van der Waals surface area (Å²) in [5, 5.41) is 10.4. The van der Waals surface area contributed by atoms with Crippen LogP contribution in [0.2, 0.25) is 0 Å². The van der Waals surface area contributed by atoms with E-state index >= 15 is 0 Å². The molecule has 0 aliphatic heterocycles. The van der Waals surface area contributed by atoms with Gasteiger partial charge in [-0.3, -0.25) is 10.1 Å². The molecular formula is C11H11NO2. The molecule has 0 bridgehead atoms. The quantitative estimate of drug-likeness (QED) is 0.529. The molecule has 0 N–H and O–H groups in total. The second-order valence-electron chi connectivity index (χ2n) is 3.42. The summed E-state index contributed by atoms with van der Waals surface area (Å²) in [6, 6.07) is 7.91. The Hall–Kier alpha value is -1.64. The number of hydrogen-bond acceptors (Lipinski definition) is 2. The van der Waals surface area contributed by atoms with Gasteiger partial charge in [0.25, 0.3) is 0 Å². The molecule has 0 amide bonds. The smallest absolute Gasteiger partial charge is 0.229 e. The Morgan fingerprint density at radius 1 is 1.36 bits per heavy atom. The van der Waals surface area contributed by atoms with Crippen molar-refractivity contribution in [1.82, 2.24) is 0 Å². The molecule has 1 aliphatic rings. The van der Waals surface area contributed by atoms with E-state index in [9.17, 15) is 10.1 Å². The SMILES string of the molecule is O=[N+]([O-])CC1=CCCc2ccccc21. The van der Waals surface area contributed by atoms with Crippen molar-refractivity contribution < 1.29 is 4.92 Å². The van der Waals surface area contributed by atoms with Gasteiger partial charge in [0.05, 0.1) is 0 Å². The summed E-state index contributed by atoms with van der Waals surface area (Å²) in [7, 11) is 0. The highest BCUT2D eigenvalue weighted by molar-refractivity contribution is 5.70. The van der Waals surface area contributed by atoms with Crippen molar-refractivity contribution in [3.05, 3.63) is 51.6 Å². The van der Waals surface area contributed by atoms with Crippen molar-refractivity contribution in [2.75, 3.05) is 6.54 Å². The Morgan fingerprint density at radius 2 is 2.14 bits per heavy atom. The minimum Gasteiger partial charge on any atom is -0.264 e. The normalized spacial score (nSPS) is 14.4. The van der Waals surface area contributed by atoms with Crippen LogP contribution in [-0.4, -0.2) is 11.5 Å². The van der Waals surface area contributed by atoms with Crippen molar-refractivity contribution in [3.63, 3.8) is 0 Å². The standard InChI is InChI=1S/C11H11NO2/c13-12(14)8-10-6-3-5-9-4-1-2-7-11(9)10/h1-2,4,6-7H,3,5,8H2. The summed E-state index contributed by atoms with van der Waals surface area (Å²) in [6.07, 6.45) is 3.89. The van der Waals surface area contributed by atoms with Gasteiger partial charge in [-0.25, -0.2) is 0 Å². The first-order valence-electron chi connectivity index (χ1n) is 4.66. The number of aryl methyl sites for hydroxylation is 1. The number of nitro groups is 1. The summed E-state index contributed by atoms with van der Waals surface area (Å²) < 4.78 is 0. The minimum absolute atomic E-state index is 0.0585. The van der Waals surface area contributed by atoms with E-state index in [1.807, 2.05) is 30.3 Å². The predicted octanol–water partition coefficient (Wildman–Crippen LogP) is 2.29. The summed E-state index contributed by atoms with van der Waals surface area (Å²) in [5.74, 6) is 0. The van der Waals surface area contributed by atoms with Crippen molar-refractivity contribution in [3.8, 4) is 0 Å². The largest absolute Gasteiger partial charge is 0.264 e. The van der Waals surface area contributed by atoms with Crippen LogP contribution in [0.1, 0.15) is 17.5 Å². The molecule has 72 valence electrons. The van der Waals surface area contributed by atoms with Gasteiger partial charge in [0.2, 0.25) is 6.54 Å². The molecule has 3 heteroatoms. The zero-order valence-corrected chi connectivity index (χ0v) is 7.77. The Morgan fingerprint density at radius 3 is 2.93 bits per heavy atom. The van der Waals surface area contributed by atoms with Gasteiger partial charge < -0.3 is 0 Å². The Bertz CT molecular complexity index is 396. The maximum Gasteiger partial charge on any atom is 0.229 e. The second-order valence-corrected chi connectivity index (χ2v) is 3.42. The number of hydrogen-bond donors (Lipinski definition) is 0. The molecule has 0 saturated heterocycles. The van der Waals surface area contributed by atoms with Crippen LogP contribution in [-0.2, 0) is 6.42 Å². The fourth-order valence-corrected chi connectivity index (χ4v) is 1.85. The van der Waals surface area contributed by atoms with E-state index in [-0.39, 0.29) is 11.5 Å². The lowest BCUT2D eigenvalue weighted by molar-refractivity contribution is -0.465. The Balaban J connectivity index is 2.35. The van der Waals surface area contributed by atoms with Crippen molar-refractivity contribution in [2.24, 2.45) is 0 Å². The first-order chi connectivity index (χ1) is 6.77. The summed E-state index contributed by atoms with van der Waals surface area (Å²) >= 11 is 0. The average molecular weight is 189 g/mol. The van der Waals surface area contributed by atoms with Crippen molar-refractivity contribution in [1.29, 1.82) is 0 Å². The third-order valence-corrected chi connectivity index (χ3v) is 2.47. The topological polar surface area (TPSA) is 43.1 Å². The fourth-order valence-electron chi connectivity index (χ4n) is 1.85. The third kappa shape index (κ3) is 1.66. The number of benzene rings is 1. The zero-order chi connectivity index (χ0) is 9.97. The van der Waals surface area contributed by atoms with E-state index in [1.165, 1.54) is 5.56 Å². The summed E-state index contributed by atoms with van der Waals surface area (Å²) in [5.41, 5.74) is 3.14. The molecule has 14 heavy (non-hydrogen) atoms. The van der Waals surface area contributed by atoms with Crippen LogP contribution in [0.25, 0.3) is 5.57 Å². The highest BCUT2D eigenvalue weighted by Crippen LogP contribution is 2.25. The predicted molar refractivity (Wildman–Crippen MR) is 54.6 cm³/mol. The van der Waals surface area contributed by atoms with E-state index in [0.29, 0.717) is 0 Å². The van der Waals surface area contributed by atoms with Crippen LogP contribution >= 0.6 is 0 Å². The van der Waals surface area contributed by atoms with Crippen LogP contribution in [0.15, 0.2) is 30.3 Å². The van der Waals surface area contributed by atoms with Crippen LogP contribution in [0.3, 0.4) is 0 Å². The molecule has 0 spiro atoms. The first kappa shape index (κ1) is 8.94. The van der Waals surface area contributed by atoms with Gasteiger partial charge in [-0.05, 0) is 24.0 Å². The summed E-state index contributed by atoms with van der Waals surface area (Å²) in [4.78, 5) is 10.2. The van der Waals surface area contributed by atoms with Crippen LogP contribution in [0, 0.1) is 10.1 Å². The van der Waals surface area contributed by atoms with Crippen molar-refractivity contribution >= 4 is 5.57 Å². The minimum atomic E-state index is -0.270. The average Bonchev–Trinajstić information content (AvgIpc) is 2.18. The highest BCUT2D eigenvalue weighted by Gasteiger charge is 2.15. The Labute approximate surface area is 82.2 Å². The molecule has 0 radical (unpaired) electrons. The maximum absolute atomic E-state index is 10.4. The molecular weight excluding hydrogens is 178 g/mol. The lowest BCUT2D eigenvalue weighted by Crippen LogP contribution is -2.08. The first-order valence-corrected chi connectivity index (χ1v) is 4.66. The lowest BCUT2D eigenvalue weighted by atomic mass is 9.91. The van der Waals surface area contributed by atoms with E-state index in [4.69, 9.17) is 0 Å². The third-order valence-electron chi connectivity index (χ3n) is 2.47. The van der Waals surface area contributed by atoms with E-state index < -0.39 is 0 Å². The number of allylic oxidation sites excluding steroid dienone is 1. The lowest BCUT2D eigenvalue weighted by Gasteiger charge is -2.14. The molecule has 0 atom stereocenters. The molecule has 0 aromatic heterocycles. The van der Waals surface area contributed by atoms with Gasteiger partial charge >= 0.3 is 0 Å². The molecule has 1 aromatic rings. The fraction of sp³-hybridized carbons (Fsp3) is 0.273. The van der Waals surface area contributed by atoms with Gasteiger partial charge in [0.15, 0.2) is 0 Å². The monoisotopic (exact) mass is 189 g/mol. The van der Waals surface area contributed by atoms with Gasteiger partial charge in [-0.1, -0.05) is 30.3 Å². The molecule has 1 aliphatic carbocycles. The van der Waals surface area contributed by atoms with Gasteiger partial charge in [0.1, 0.15) is 0 Å². The number of nitrogens with zero attached hydrogens (tertiary/aromatic N) is 1. The highest BCUT2D eigenvalue weighted by atomic mass is 16.6. The molecule has 0 unspecified atom stereocenters. The number of rotatable bonds is 2. The molecule has 2 rings (SSSR count). The van der Waals surface area contributed by atoms with Crippen LogP contribution in [0.4, 0.5) is 0 Å².